The van der Waals surface area contributed by atoms with Crippen molar-refractivity contribution in [2.75, 3.05) is 39.8 Å². The summed E-state index contributed by atoms with van der Waals surface area (Å²) in [6.07, 6.45) is 3.07. The van der Waals surface area contributed by atoms with Crippen LogP contribution in [0.2, 0.25) is 0 Å². The summed E-state index contributed by atoms with van der Waals surface area (Å²) in [6.45, 7) is 11.6. The van der Waals surface area contributed by atoms with Crippen molar-refractivity contribution < 1.29 is 9.53 Å². The molecule has 3 rings (SSSR count). The molecule has 1 aromatic rings. The predicted molar refractivity (Wildman–Crippen MR) is 138 cm³/mol. The quantitative estimate of drug-likeness (QED) is 0.325. The second kappa shape index (κ2) is 12.2. The fourth-order valence-corrected chi connectivity index (χ4v) is 4.94. The Hall–Kier alpha value is -1.07. The first-order chi connectivity index (χ1) is 14.3. The molecule has 2 aliphatic heterocycles. The van der Waals surface area contributed by atoms with Crippen LogP contribution in [0.4, 0.5) is 4.79 Å². The van der Waals surface area contributed by atoms with Crippen LogP contribution in [0.3, 0.4) is 0 Å². The summed E-state index contributed by atoms with van der Waals surface area (Å²) in [6, 6.07) is 4.45. The predicted octanol–water partition coefficient (Wildman–Crippen LogP) is 3.75. The van der Waals surface area contributed by atoms with E-state index in [-0.39, 0.29) is 36.1 Å². The first-order valence-electron chi connectivity index (χ1n) is 11.0. The van der Waals surface area contributed by atoms with Crippen LogP contribution in [-0.4, -0.2) is 73.3 Å². The maximum absolute atomic E-state index is 12.0. The van der Waals surface area contributed by atoms with E-state index in [9.17, 15) is 4.79 Å². The highest BCUT2D eigenvalue weighted by atomic mass is 127. The van der Waals surface area contributed by atoms with Gasteiger partial charge in [0.05, 0.1) is 6.04 Å². The van der Waals surface area contributed by atoms with Crippen molar-refractivity contribution in [2.24, 2.45) is 10.9 Å². The minimum absolute atomic E-state index is 0. The molecule has 0 bridgehead atoms. The number of alkyl carbamates (subject to hydrolysis) is 1. The number of halogens is 1. The van der Waals surface area contributed by atoms with Gasteiger partial charge in [-0.3, -0.25) is 9.89 Å². The first kappa shape index (κ1) is 26.2. The van der Waals surface area contributed by atoms with Gasteiger partial charge >= 0.3 is 6.09 Å². The van der Waals surface area contributed by atoms with E-state index in [0.717, 1.165) is 45.1 Å². The Balaban J connectivity index is 0.00000341. The summed E-state index contributed by atoms with van der Waals surface area (Å²) in [4.78, 5) is 22.8. The average Bonchev–Trinajstić information content (AvgIpc) is 3.33. The van der Waals surface area contributed by atoms with Gasteiger partial charge < -0.3 is 20.3 Å². The number of amides is 1. The molecule has 2 saturated heterocycles. The zero-order chi connectivity index (χ0) is 21.6. The number of nitrogens with one attached hydrogen (secondary N) is 2. The molecule has 31 heavy (non-hydrogen) atoms. The third-order valence-corrected chi connectivity index (χ3v) is 6.39. The number of piperidine rings is 1. The van der Waals surface area contributed by atoms with Gasteiger partial charge in [0.1, 0.15) is 5.60 Å². The van der Waals surface area contributed by atoms with Gasteiger partial charge in [-0.25, -0.2) is 4.79 Å². The zero-order valence-corrected chi connectivity index (χ0v) is 22.4. The van der Waals surface area contributed by atoms with E-state index in [1.807, 2.05) is 39.2 Å². The van der Waals surface area contributed by atoms with Crippen molar-refractivity contribution in [3.05, 3.63) is 22.4 Å². The Morgan fingerprint density at radius 1 is 1.29 bits per heavy atom. The molecule has 2 fully saturated rings. The van der Waals surface area contributed by atoms with E-state index in [1.165, 1.54) is 24.3 Å². The minimum atomic E-state index is -0.475. The molecule has 0 aliphatic carbocycles. The third kappa shape index (κ3) is 8.76. The zero-order valence-electron chi connectivity index (χ0n) is 19.2. The van der Waals surface area contributed by atoms with Crippen molar-refractivity contribution in [3.63, 3.8) is 0 Å². The van der Waals surface area contributed by atoms with Crippen LogP contribution in [-0.2, 0) is 11.3 Å². The third-order valence-electron chi connectivity index (χ3n) is 5.53. The van der Waals surface area contributed by atoms with E-state index >= 15 is 0 Å². The lowest BCUT2D eigenvalue weighted by molar-refractivity contribution is 0.0507. The van der Waals surface area contributed by atoms with Crippen LogP contribution in [0.1, 0.15) is 44.9 Å². The molecule has 0 spiro atoms. The van der Waals surface area contributed by atoms with Crippen molar-refractivity contribution >= 4 is 47.4 Å². The normalized spacial score (nSPS) is 22.7. The van der Waals surface area contributed by atoms with E-state index in [1.54, 1.807) is 0 Å². The number of ether oxygens (including phenoxy) is 1. The Morgan fingerprint density at radius 3 is 2.77 bits per heavy atom. The lowest BCUT2D eigenvalue weighted by Gasteiger charge is -2.33. The number of likely N-dealkylation sites (tertiary alicyclic amines) is 2. The molecular formula is C22H38IN5O2S. The van der Waals surface area contributed by atoms with E-state index in [0.29, 0.717) is 5.92 Å². The standard InChI is InChI=1S/C22H37N5O2S.HI/c1-22(2,3)29-21(28)25-18-9-11-27(15-18)20(23-4)24-13-17-7-5-10-26(14-17)16-19-8-6-12-30-19;/h6,8,12,17-18H,5,7,9-11,13-16H2,1-4H3,(H,23,24)(H,25,28);1H. The van der Waals surface area contributed by atoms with E-state index < -0.39 is 5.60 Å². The molecule has 3 heterocycles. The topological polar surface area (TPSA) is 69.2 Å². The molecular weight excluding hydrogens is 525 g/mol. The lowest BCUT2D eigenvalue weighted by Crippen LogP contribution is -2.46. The number of carbonyl (C=O) groups is 1. The number of thiophene rings is 1. The molecule has 2 aliphatic rings. The molecule has 2 unspecified atom stereocenters. The number of hydrogen-bond acceptors (Lipinski definition) is 5. The van der Waals surface area contributed by atoms with Gasteiger partial charge in [0, 0.05) is 44.6 Å². The minimum Gasteiger partial charge on any atom is -0.444 e. The Kier molecular flexibility index (Phi) is 10.3. The van der Waals surface area contributed by atoms with Gasteiger partial charge in [0.2, 0.25) is 0 Å². The Bertz CT molecular complexity index is 707. The number of guanidine groups is 1. The summed E-state index contributed by atoms with van der Waals surface area (Å²) in [5.41, 5.74) is -0.475. The van der Waals surface area contributed by atoms with Gasteiger partial charge in [-0.1, -0.05) is 6.07 Å². The molecule has 2 N–H and O–H groups in total. The smallest absolute Gasteiger partial charge is 0.407 e. The summed E-state index contributed by atoms with van der Waals surface area (Å²) in [7, 11) is 1.83. The molecule has 0 aromatic carbocycles. The van der Waals surface area contributed by atoms with Crippen molar-refractivity contribution in [1.29, 1.82) is 0 Å². The Labute approximate surface area is 208 Å². The highest BCUT2D eigenvalue weighted by Gasteiger charge is 2.28. The molecule has 0 radical (unpaired) electrons. The number of aliphatic imine (C=N–C) groups is 1. The highest BCUT2D eigenvalue weighted by molar-refractivity contribution is 14.0. The molecule has 2 atom stereocenters. The number of rotatable bonds is 5. The molecule has 1 aromatic heterocycles. The monoisotopic (exact) mass is 563 g/mol. The van der Waals surface area contributed by atoms with Gasteiger partial charge in [-0.05, 0) is 63.9 Å². The summed E-state index contributed by atoms with van der Waals surface area (Å²) >= 11 is 1.84. The molecule has 1 amide bonds. The number of hydrogen-bond donors (Lipinski definition) is 2. The summed E-state index contributed by atoms with van der Waals surface area (Å²) < 4.78 is 5.38. The fraction of sp³-hybridized carbons (Fsp3) is 0.727. The number of nitrogens with zero attached hydrogens (tertiary/aromatic N) is 3. The van der Waals surface area contributed by atoms with Gasteiger partial charge in [-0.2, -0.15) is 0 Å². The number of carbonyl (C=O) groups excluding carboxylic acids is 1. The summed E-state index contributed by atoms with van der Waals surface area (Å²) in [5.74, 6) is 1.56. The van der Waals surface area contributed by atoms with E-state index in [4.69, 9.17) is 4.74 Å². The second-order valence-electron chi connectivity index (χ2n) is 9.33. The second-order valence-corrected chi connectivity index (χ2v) is 10.4. The van der Waals surface area contributed by atoms with Crippen molar-refractivity contribution in [3.8, 4) is 0 Å². The van der Waals surface area contributed by atoms with Crippen LogP contribution < -0.4 is 10.6 Å². The fourth-order valence-electron chi connectivity index (χ4n) is 4.20. The van der Waals surface area contributed by atoms with E-state index in [2.05, 4.69) is 42.9 Å². The van der Waals surface area contributed by atoms with Gasteiger partial charge in [-0.15, -0.1) is 35.3 Å². The molecule has 0 saturated carbocycles. The SMILES string of the molecule is CN=C(NCC1CCCN(Cc2cccs2)C1)N1CCC(NC(=O)OC(C)(C)C)C1.I. The van der Waals surface area contributed by atoms with Crippen molar-refractivity contribution in [2.45, 2.75) is 58.2 Å². The van der Waals surface area contributed by atoms with Crippen LogP contribution in [0.5, 0.6) is 0 Å². The average molecular weight is 564 g/mol. The largest absolute Gasteiger partial charge is 0.444 e. The lowest BCUT2D eigenvalue weighted by atomic mass is 9.98. The first-order valence-corrected chi connectivity index (χ1v) is 11.9. The molecule has 9 heteroatoms. The van der Waals surface area contributed by atoms with Crippen LogP contribution in [0.25, 0.3) is 0 Å². The van der Waals surface area contributed by atoms with Crippen LogP contribution in [0, 0.1) is 5.92 Å². The molecule has 176 valence electrons. The summed E-state index contributed by atoms with van der Waals surface area (Å²) in [5, 5.41) is 8.72. The van der Waals surface area contributed by atoms with Crippen LogP contribution >= 0.6 is 35.3 Å². The maximum atomic E-state index is 12.0. The van der Waals surface area contributed by atoms with Gasteiger partial charge in [0.15, 0.2) is 5.96 Å². The maximum Gasteiger partial charge on any atom is 0.407 e. The van der Waals surface area contributed by atoms with Crippen LogP contribution in [0.15, 0.2) is 22.5 Å². The van der Waals surface area contributed by atoms with Crippen molar-refractivity contribution in [1.82, 2.24) is 20.4 Å². The molecule has 7 nitrogen and oxygen atoms in total. The Morgan fingerprint density at radius 2 is 2.10 bits per heavy atom. The highest BCUT2D eigenvalue weighted by Crippen LogP contribution is 2.20. The van der Waals surface area contributed by atoms with Gasteiger partial charge in [0.25, 0.3) is 0 Å².